The van der Waals surface area contributed by atoms with Crippen molar-refractivity contribution in [3.05, 3.63) is 0 Å². The van der Waals surface area contributed by atoms with Crippen LogP contribution in [0.2, 0.25) is 0 Å². The zero-order chi connectivity index (χ0) is 12.9. The van der Waals surface area contributed by atoms with Gasteiger partial charge in [0.25, 0.3) is 0 Å². The molecular formula is C15H32N2. The highest BCUT2D eigenvalue weighted by Gasteiger charge is 2.36. The summed E-state index contributed by atoms with van der Waals surface area (Å²) in [5.41, 5.74) is 0.374. The van der Waals surface area contributed by atoms with Crippen molar-refractivity contribution in [2.75, 3.05) is 19.6 Å². The quantitative estimate of drug-likeness (QED) is 0.717. The fourth-order valence-corrected chi connectivity index (χ4v) is 2.69. The zero-order valence-corrected chi connectivity index (χ0v) is 12.6. The number of rotatable bonds is 6. The van der Waals surface area contributed by atoms with Gasteiger partial charge in [0.2, 0.25) is 0 Å². The van der Waals surface area contributed by atoms with E-state index in [9.17, 15) is 0 Å². The van der Waals surface area contributed by atoms with Gasteiger partial charge in [0.1, 0.15) is 0 Å². The van der Waals surface area contributed by atoms with Crippen molar-refractivity contribution < 1.29 is 0 Å². The van der Waals surface area contributed by atoms with Gasteiger partial charge in [-0.25, -0.2) is 0 Å². The van der Waals surface area contributed by atoms with Crippen LogP contribution in [0.25, 0.3) is 0 Å². The van der Waals surface area contributed by atoms with Gasteiger partial charge in [-0.2, -0.15) is 0 Å². The highest BCUT2D eigenvalue weighted by atomic mass is 15.3. The Balaban J connectivity index is 2.56. The molecule has 1 N–H and O–H groups in total. The van der Waals surface area contributed by atoms with Crippen LogP contribution in [-0.2, 0) is 0 Å². The van der Waals surface area contributed by atoms with Crippen molar-refractivity contribution in [3.63, 3.8) is 0 Å². The van der Waals surface area contributed by atoms with Crippen LogP contribution in [-0.4, -0.2) is 36.1 Å². The summed E-state index contributed by atoms with van der Waals surface area (Å²) in [7, 11) is 0. The van der Waals surface area contributed by atoms with Crippen LogP contribution < -0.4 is 5.32 Å². The van der Waals surface area contributed by atoms with E-state index in [2.05, 4.69) is 44.8 Å². The summed E-state index contributed by atoms with van der Waals surface area (Å²) in [6.45, 7) is 15.3. The van der Waals surface area contributed by atoms with Gasteiger partial charge >= 0.3 is 0 Å². The molecule has 0 aromatic rings. The second-order valence-corrected chi connectivity index (χ2v) is 6.24. The van der Waals surface area contributed by atoms with Crippen molar-refractivity contribution in [1.82, 2.24) is 10.2 Å². The normalized spacial score (nSPS) is 31.1. The number of hydrogen-bond acceptors (Lipinski definition) is 2. The lowest BCUT2D eigenvalue weighted by atomic mass is 9.89. The lowest BCUT2D eigenvalue weighted by Gasteiger charge is -2.49. The van der Waals surface area contributed by atoms with Gasteiger partial charge < -0.3 is 5.32 Å². The van der Waals surface area contributed by atoms with E-state index in [1.807, 2.05) is 0 Å². The first-order valence-electron chi connectivity index (χ1n) is 7.52. The lowest BCUT2D eigenvalue weighted by molar-refractivity contribution is 0.0373. The topological polar surface area (TPSA) is 15.3 Å². The fourth-order valence-electron chi connectivity index (χ4n) is 2.69. The highest BCUT2D eigenvalue weighted by Crippen LogP contribution is 2.25. The maximum Gasteiger partial charge on any atom is 0.0303 e. The Hall–Kier alpha value is -0.0800. The molecule has 1 fully saturated rings. The number of unbranched alkanes of at least 4 members (excludes halogenated alkanes) is 2. The third-order valence-corrected chi connectivity index (χ3v) is 4.52. The summed E-state index contributed by atoms with van der Waals surface area (Å²) < 4.78 is 0. The minimum absolute atomic E-state index is 0.374. The van der Waals surface area contributed by atoms with Crippen LogP contribution in [0.15, 0.2) is 0 Å². The van der Waals surface area contributed by atoms with E-state index in [-0.39, 0.29) is 0 Å². The number of nitrogens with zero attached hydrogens (tertiary/aromatic N) is 1. The van der Waals surface area contributed by atoms with Crippen LogP contribution in [0, 0.1) is 5.92 Å². The number of nitrogens with one attached hydrogen (secondary N) is 1. The Morgan fingerprint density at radius 1 is 1.29 bits per heavy atom. The van der Waals surface area contributed by atoms with Gasteiger partial charge in [0.05, 0.1) is 0 Å². The highest BCUT2D eigenvalue weighted by molar-refractivity contribution is 4.95. The van der Waals surface area contributed by atoms with Crippen LogP contribution in [0.5, 0.6) is 0 Å². The Labute approximate surface area is 108 Å². The molecule has 17 heavy (non-hydrogen) atoms. The van der Waals surface area contributed by atoms with Crippen molar-refractivity contribution in [1.29, 1.82) is 0 Å². The van der Waals surface area contributed by atoms with Crippen LogP contribution >= 0.6 is 0 Å². The molecule has 0 aliphatic carbocycles. The molecule has 2 unspecified atom stereocenters. The molecule has 1 saturated heterocycles. The molecule has 102 valence electrons. The van der Waals surface area contributed by atoms with E-state index < -0.39 is 0 Å². The molecule has 1 aliphatic rings. The van der Waals surface area contributed by atoms with Crippen molar-refractivity contribution in [2.24, 2.45) is 5.92 Å². The summed E-state index contributed by atoms with van der Waals surface area (Å²) in [6, 6.07) is 0.677. The minimum Gasteiger partial charge on any atom is -0.311 e. The third kappa shape index (κ3) is 3.96. The largest absolute Gasteiger partial charge is 0.311 e. The second kappa shape index (κ2) is 6.75. The van der Waals surface area contributed by atoms with E-state index in [4.69, 9.17) is 0 Å². The Kier molecular flexibility index (Phi) is 5.94. The maximum atomic E-state index is 3.74. The summed E-state index contributed by atoms with van der Waals surface area (Å²) in [4.78, 5) is 2.74. The first-order valence-corrected chi connectivity index (χ1v) is 7.52. The fraction of sp³-hybridized carbons (Fsp3) is 1.00. The average Bonchev–Trinajstić information content (AvgIpc) is 2.31. The van der Waals surface area contributed by atoms with Gasteiger partial charge in [0, 0.05) is 24.7 Å². The second-order valence-electron chi connectivity index (χ2n) is 6.24. The van der Waals surface area contributed by atoms with E-state index in [0.717, 1.165) is 12.5 Å². The van der Waals surface area contributed by atoms with Crippen molar-refractivity contribution in [3.8, 4) is 0 Å². The summed E-state index contributed by atoms with van der Waals surface area (Å²) >= 11 is 0. The van der Waals surface area contributed by atoms with Crippen molar-refractivity contribution in [2.45, 2.75) is 71.9 Å². The molecule has 0 aromatic heterocycles. The molecule has 2 nitrogen and oxygen atoms in total. The standard InChI is InChI=1S/C15H32N2/c1-6-8-9-10-17-11-14(13(3)4)16-12-15(17,5)7-2/h13-14,16H,6-12H2,1-5H3. The summed E-state index contributed by atoms with van der Waals surface area (Å²) in [5, 5.41) is 3.74. The van der Waals surface area contributed by atoms with E-state index in [0.29, 0.717) is 11.6 Å². The SMILES string of the molecule is CCCCCN1CC(C(C)C)NCC1(C)CC. The third-order valence-electron chi connectivity index (χ3n) is 4.52. The molecule has 1 aliphatic heterocycles. The molecule has 2 atom stereocenters. The minimum atomic E-state index is 0.374. The predicted octanol–water partition coefficient (Wildman–Crippen LogP) is 3.28. The summed E-state index contributed by atoms with van der Waals surface area (Å²) in [5.74, 6) is 0.741. The molecule has 0 bridgehead atoms. The van der Waals surface area contributed by atoms with E-state index >= 15 is 0 Å². The van der Waals surface area contributed by atoms with Gasteiger partial charge in [0.15, 0.2) is 0 Å². The van der Waals surface area contributed by atoms with Crippen LogP contribution in [0.3, 0.4) is 0 Å². The van der Waals surface area contributed by atoms with E-state index in [1.54, 1.807) is 0 Å². The molecule has 0 spiro atoms. The molecule has 0 radical (unpaired) electrons. The Morgan fingerprint density at radius 2 is 2.00 bits per heavy atom. The molecule has 0 saturated carbocycles. The molecular weight excluding hydrogens is 208 g/mol. The van der Waals surface area contributed by atoms with Crippen LogP contribution in [0.1, 0.15) is 60.3 Å². The Morgan fingerprint density at radius 3 is 2.53 bits per heavy atom. The molecule has 1 rings (SSSR count). The first-order chi connectivity index (χ1) is 8.03. The molecule has 2 heteroatoms. The number of hydrogen-bond donors (Lipinski definition) is 1. The molecule has 0 aromatic carbocycles. The predicted molar refractivity (Wildman–Crippen MR) is 76.4 cm³/mol. The zero-order valence-electron chi connectivity index (χ0n) is 12.6. The Bertz CT molecular complexity index is 215. The molecule has 1 heterocycles. The molecule has 0 amide bonds. The van der Waals surface area contributed by atoms with Gasteiger partial charge in [-0.05, 0) is 32.2 Å². The number of piperazine rings is 1. The van der Waals surface area contributed by atoms with Crippen LogP contribution in [0.4, 0.5) is 0 Å². The summed E-state index contributed by atoms with van der Waals surface area (Å²) in [6.07, 6.45) is 5.30. The average molecular weight is 240 g/mol. The monoisotopic (exact) mass is 240 g/mol. The van der Waals surface area contributed by atoms with Crippen molar-refractivity contribution >= 4 is 0 Å². The van der Waals surface area contributed by atoms with Gasteiger partial charge in [-0.3, -0.25) is 4.90 Å². The lowest BCUT2D eigenvalue weighted by Crippen LogP contribution is -2.64. The smallest absolute Gasteiger partial charge is 0.0303 e. The van der Waals surface area contributed by atoms with E-state index in [1.165, 1.54) is 38.8 Å². The maximum absolute atomic E-state index is 3.74. The first kappa shape index (κ1) is 15.0. The van der Waals surface area contributed by atoms with Gasteiger partial charge in [-0.1, -0.05) is 40.5 Å². The van der Waals surface area contributed by atoms with Gasteiger partial charge in [-0.15, -0.1) is 0 Å².